The van der Waals surface area contributed by atoms with E-state index in [0.717, 1.165) is 6.07 Å². The minimum atomic E-state index is -2.66. The molecule has 5 heteroatoms. The third-order valence-electron chi connectivity index (χ3n) is 1.21. The fraction of sp³-hybridized carbons (Fsp3) is 0.143. The molecule has 0 fully saturated rings. The number of pyridine rings is 1. The van der Waals surface area contributed by atoms with Crippen LogP contribution in [0.25, 0.3) is 0 Å². The summed E-state index contributed by atoms with van der Waals surface area (Å²) in [5.41, 5.74) is -0.319. The topological polar surface area (TPSA) is 36.7 Å². The molecular formula is C7H3ClF2N2. The summed E-state index contributed by atoms with van der Waals surface area (Å²) in [6, 6.07) is 4.02. The van der Waals surface area contributed by atoms with E-state index >= 15 is 0 Å². The van der Waals surface area contributed by atoms with Gasteiger partial charge in [0.2, 0.25) is 0 Å². The predicted octanol–water partition coefficient (Wildman–Crippen LogP) is 2.54. The first kappa shape index (κ1) is 8.88. The SMILES string of the molecule is N#Cc1ccc(C(F)F)nc1Cl. The van der Waals surface area contributed by atoms with Crippen LogP contribution in [0.15, 0.2) is 12.1 Å². The first-order chi connectivity index (χ1) is 5.65. The van der Waals surface area contributed by atoms with Crippen LogP contribution in [0.2, 0.25) is 5.15 Å². The summed E-state index contributed by atoms with van der Waals surface area (Å²) in [5.74, 6) is 0. The van der Waals surface area contributed by atoms with Gasteiger partial charge in [0.15, 0.2) is 0 Å². The standard InChI is InChI=1S/C7H3ClF2N2/c8-6-4(3-11)1-2-5(12-6)7(9)10/h1-2,7H. The van der Waals surface area contributed by atoms with Crippen molar-refractivity contribution in [3.05, 3.63) is 28.5 Å². The van der Waals surface area contributed by atoms with Crippen molar-refractivity contribution in [2.75, 3.05) is 0 Å². The van der Waals surface area contributed by atoms with Crippen LogP contribution in [0.3, 0.4) is 0 Å². The highest BCUT2D eigenvalue weighted by molar-refractivity contribution is 6.30. The summed E-state index contributed by atoms with van der Waals surface area (Å²) in [5, 5.41) is 8.20. The maximum Gasteiger partial charge on any atom is 0.280 e. The number of hydrogen-bond donors (Lipinski definition) is 0. The Hall–Kier alpha value is -1.21. The highest BCUT2D eigenvalue weighted by Gasteiger charge is 2.10. The monoisotopic (exact) mass is 188 g/mol. The summed E-state index contributed by atoms with van der Waals surface area (Å²) in [7, 11) is 0. The minimum absolute atomic E-state index is 0.0982. The molecule has 12 heavy (non-hydrogen) atoms. The van der Waals surface area contributed by atoms with Crippen LogP contribution < -0.4 is 0 Å². The Balaban J connectivity index is 3.12. The Kier molecular flexibility index (Phi) is 2.56. The molecule has 1 aromatic rings. The van der Waals surface area contributed by atoms with Crippen molar-refractivity contribution >= 4 is 11.6 Å². The van der Waals surface area contributed by atoms with Gasteiger partial charge in [-0.05, 0) is 12.1 Å². The normalized spacial score (nSPS) is 9.92. The molecule has 0 saturated carbocycles. The molecule has 0 unspecified atom stereocenters. The molecule has 0 amide bonds. The Bertz CT molecular complexity index is 333. The first-order valence-electron chi connectivity index (χ1n) is 3.00. The lowest BCUT2D eigenvalue weighted by Crippen LogP contribution is -1.91. The quantitative estimate of drug-likeness (QED) is 0.635. The van der Waals surface area contributed by atoms with Gasteiger partial charge in [-0.1, -0.05) is 11.6 Å². The number of nitriles is 1. The fourth-order valence-electron chi connectivity index (χ4n) is 0.653. The van der Waals surface area contributed by atoms with E-state index in [2.05, 4.69) is 4.98 Å². The molecule has 62 valence electrons. The Morgan fingerprint density at radius 3 is 2.58 bits per heavy atom. The molecule has 0 bridgehead atoms. The average Bonchev–Trinajstić information content (AvgIpc) is 2.04. The molecule has 1 aromatic heterocycles. The largest absolute Gasteiger partial charge is 0.280 e. The second kappa shape index (κ2) is 3.46. The van der Waals surface area contributed by atoms with E-state index in [9.17, 15) is 8.78 Å². The van der Waals surface area contributed by atoms with Gasteiger partial charge in [0.1, 0.15) is 16.9 Å². The van der Waals surface area contributed by atoms with Crippen molar-refractivity contribution in [3.8, 4) is 6.07 Å². The van der Waals surface area contributed by atoms with Crippen LogP contribution in [-0.4, -0.2) is 4.98 Å². The van der Waals surface area contributed by atoms with Crippen LogP contribution in [-0.2, 0) is 0 Å². The minimum Gasteiger partial charge on any atom is -0.234 e. The van der Waals surface area contributed by atoms with Gasteiger partial charge in [0.05, 0.1) is 5.56 Å². The van der Waals surface area contributed by atoms with Crippen LogP contribution in [0.5, 0.6) is 0 Å². The summed E-state index contributed by atoms with van der Waals surface area (Å²) >= 11 is 5.41. The van der Waals surface area contributed by atoms with Crippen molar-refractivity contribution < 1.29 is 8.78 Å². The maximum absolute atomic E-state index is 12.0. The zero-order chi connectivity index (χ0) is 9.14. The van der Waals surface area contributed by atoms with E-state index in [1.54, 1.807) is 6.07 Å². The molecular weight excluding hydrogens is 186 g/mol. The average molecular weight is 189 g/mol. The van der Waals surface area contributed by atoms with Gasteiger partial charge in [-0.25, -0.2) is 13.8 Å². The molecule has 0 saturated heterocycles. The van der Waals surface area contributed by atoms with E-state index in [1.807, 2.05) is 0 Å². The molecule has 0 radical (unpaired) electrons. The van der Waals surface area contributed by atoms with E-state index in [-0.39, 0.29) is 10.7 Å². The second-order valence-corrected chi connectivity index (χ2v) is 2.35. The Morgan fingerprint density at radius 2 is 2.17 bits per heavy atom. The lowest BCUT2D eigenvalue weighted by Gasteiger charge is -1.98. The van der Waals surface area contributed by atoms with Crippen LogP contribution in [0.1, 0.15) is 17.7 Å². The van der Waals surface area contributed by atoms with Gasteiger partial charge in [-0.15, -0.1) is 0 Å². The molecule has 0 aliphatic rings. The van der Waals surface area contributed by atoms with Crippen molar-refractivity contribution in [2.45, 2.75) is 6.43 Å². The van der Waals surface area contributed by atoms with Crippen LogP contribution in [0.4, 0.5) is 8.78 Å². The van der Waals surface area contributed by atoms with Crippen LogP contribution in [0, 0.1) is 11.3 Å². The van der Waals surface area contributed by atoms with Crippen molar-refractivity contribution in [3.63, 3.8) is 0 Å². The Morgan fingerprint density at radius 1 is 1.50 bits per heavy atom. The van der Waals surface area contributed by atoms with Crippen LogP contribution >= 0.6 is 11.6 Å². The predicted molar refractivity (Wildman–Crippen MR) is 38.9 cm³/mol. The van der Waals surface area contributed by atoms with E-state index < -0.39 is 12.1 Å². The van der Waals surface area contributed by atoms with E-state index in [0.29, 0.717) is 0 Å². The molecule has 1 rings (SSSR count). The summed E-state index contributed by atoms with van der Waals surface area (Å²) < 4.78 is 24.0. The highest BCUT2D eigenvalue weighted by Crippen LogP contribution is 2.20. The fourth-order valence-corrected chi connectivity index (χ4v) is 0.856. The summed E-state index contributed by atoms with van der Waals surface area (Å²) in [4.78, 5) is 3.34. The number of hydrogen-bond acceptors (Lipinski definition) is 2. The number of rotatable bonds is 1. The zero-order valence-electron chi connectivity index (χ0n) is 5.76. The Labute approximate surface area is 72.4 Å². The third kappa shape index (κ3) is 1.69. The van der Waals surface area contributed by atoms with Gasteiger partial charge in [-0.2, -0.15) is 5.26 Å². The number of alkyl halides is 2. The van der Waals surface area contributed by atoms with Crippen molar-refractivity contribution in [2.24, 2.45) is 0 Å². The highest BCUT2D eigenvalue weighted by atomic mass is 35.5. The molecule has 0 aliphatic heterocycles. The van der Waals surface area contributed by atoms with Gasteiger partial charge >= 0.3 is 0 Å². The lowest BCUT2D eigenvalue weighted by molar-refractivity contribution is 0.146. The molecule has 0 aromatic carbocycles. The lowest BCUT2D eigenvalue weighted by atomic mass is 10.3. The van der Waals surface area contributed by atoms with Crippen molar-refractivity contribution in [1.82, 2.24) is 4.98 Å². The maximum atomic E-state index is 12.0. The third-order valence-corrected chi connectivity index (χ3v) is 1.50. The zero-order valence-corrected chi connectivity index (χ0v) is 6.52. The van der Waals surface area contributed by atoms with Crippen molar-refractivity contribution in [1.29, 1.82) is 5.26 Å². The van der Waals surface area contributed by atoms with Gasteiger partial charge < -0.3 is 0 Å². The number of aromatic nitrogens is 1. The van der Waals surface area contributed by atoms with Gasteiger partial charge in [-0.3, -0.25) is 0 Å². The summed E-state index contributed by atoms with van der Waals surface area (Å²) in [6.45, 7) is 0. The molecule has 0 N–H and O–H groups in total. The van der Waals surface area contributed by atoms with E-state index in [1.165, 1.54) is 6.07 Å². The molecule has 0 spiro atoms. The second-order valence-electron chi connectivity index (χ2n) is 1.99. The van der Waals surface area contributed by atoms with E-state index in [4.69, 9.17) is 16.9 Å². The number of halogens is 3. The smallest absolute Gasteiger partial charge is 0.234 e. The first-order valence-corrected chi connectivity index (χ1v) is 3.37. The summed E-state index contributed by atoms with van der Waals surface area (Å²) in [6.07, 6.45) is -2.66. The molecule has 1 heterocycles. The van der Waals surface area contributed by atoms with Gasteiger partial charge in [0.25, 0.3) is 6.43 Å². The molecule has 0 aliphatic carbocycles. The molecule has 2 nitrogen and oxygen atoms in total. The molecule has 0 atom stereocenters. The number of nitrogens with zero attached hydrogens (tertiary/aromatic N) is 2. The van der Waals surface area contributed by atoms with Gasteiger partial charge in [0, 0.05) is 0 Å².